The molecule has 4 heteroatoms. The van der Waals surface area contributed by atoms with Gasteiger partial charge in [0.15, 0.2) is 0 Å². The van der Waals surface area contributed by atoms with Gasteiger partial charge >= 0.3 is 0 Å². The van der Waals surface area contributed by atoms with Gasteiger partial charge < -0.3 is 5.32 Å². The highest BCUT2D eigenvalue weighted by atomic mass is 79.9. The van der Waals surface area contributed by atoms with Gasteiger partial charge in [0.25, 0.3) is 0 Å². The predicted octanol–water partition coefficient (Wildman–Crippen LogP) is 5.59. The van der Waals surface area contributed by atoms with Gasteiger partial charge in [0.1, 0.15) is 11.6 Å². The van der Waals surface area contributed by atoms with Crippen molar-refractivity contribution in [3.63, 3.8) is 0 Å². The molecule has 0 aliphatic heterocycles. The number of halogens is 3. The maximum absolute atomic E-state index is 14.4. The Balaban J connectivity index is 2.26. The largest absolute Gasteiger partial charge is 0.310 e. The maximum atomic E-state index is 14.4. The Morgan fingerprint density at radius 2 is 1.86 bits per heavy atom. The zero-order valence-corrected chi connectivity index (χ0v) is 14.3. The Bertz CT molecular complexity index is 470. The van der Waals surface area contributed by atoms with Crippen LogP contribution in [0.25, 0.3) is 0 Å². The third-order valence-electron chi connectivity index (χ3n) is 4.75. The van der Waals surface area contributed by atoms with E-state index in [2.05, 4.69) is 28.2 Å². The lowest BCUT2D eigenvalue weighted by atomic mass is 9.76. The first-order chi connectivity index (χ1) is 10.1. The maximum Gasteiger partial charge on any atom is 0.145 e. The Labute approximate surface area is 134 Å². The summed E-state index contributed by atoms with van der Waals surface area (Å²) in [6.45, 7) is 4.92. The predicted molar refractivity (Wildman–Crippen MR) is 86.2 cm³/mol. The van der Waals surface area contributed by atoms with E-state index in [0.717, 1.165) is 18.8 Å². The normalized spacial score (nSPS) is 24.0. The van der Waals surface area contributed by atoms with Gasteiger partial charge in [0.2, 0.25) is 0 Å². The van der Waals surface area contributed by atoms with Crippen molar-refractivity contribution in [3.05, 3.63) is 33.8 Å². The highest BCUT2D eigenvalue weighted by molar-refractivity contribution is 9.10. The van der Waals surface area contributed by atoms with E-state index in [4.69, 9.17) is 0 Å². The van der Waals surface area contributed by atoms with E-state index in [1.165, 1.54) is 31.4 Å². The summed E-state index contributed by atoms with van der Waals surface area (Å²) in [6.07, 6.45) is 5.63. The fraction of sp³-hybridized carbons (Fsp3) is 0.647. The summed E-state index contributed by atoms with van der Waals surface area (Å²) in [6, 6.07) is 2.56. The molecular weight excluding hydrogens is 336 g/mol. The summed E-state index contributed by atoms with van der Waals surface area (Å²) in [4.78, 5) is 0. The second-order valence-corrected chi connectivity index (χ2v) is 6.84. The Kier molecular flexibility index (Phi) is 6.18. The lowest BCUT2D eigenvalue weighted by molar-refractivity contribution is 0.214. The van der Waals surface area contributed by atoms with Crippen molar-refractivity contribution >= 4 is 15.9 Å². The molecule has 1 aromatic carbocycles. The molecule has 0 bridgehead atoms. The average Bonchev–Trinajstić information content (AvgIpc) is 2.50. The van der Waals surface area contributed by atoms with Crippen molar-refractivity contribution < 1.29 is 8.78 Å². The van der Waals surface area contributed by atoms with Gasteiger partial charge in [-0.1, -0.05) is 33.1 Å². The lowest BCUT2D eigenvalue weighted by Crippen LogP contribution is -2.32. The van der Waals surface area contributed by atoms with Gasteiger partial charge in [0, 0.05) is 11.6 Å². The number of hydrogen-bond donors (Lipinski definition) is 1. The van der Waals surface area contributed by atoms with Gasteiger partial charge in [-0.3, -0.25) is 0 Å². The molecule has 1 atom stereocenters. The minimum atomic E-state index is -0.460. The summed E-state index contributed by atoms with van der Waals surface area (Å²) in [5.41, 5.74) is 0.200. The van der Waals surface area contributed by atoms with Crippen LogP contribution in [0.3, 0.4) is 0 Å². The molecule has 0 amide bonds. The van der Waals surface area contributed by atoms with Crippen LogP contribution >= 0.6 is 15.9 Å². The Hall–Kier alpha value is -0.480. The SMILES string of the molecule is CCNC(c1c(F)ccc(Br)c1F)C1CCC(CC)CC1. The molecule has 1 aliphatic rings. The van der Waals surface area contributed by atoms with Crippen molar-refractivity contribution in [2.24, 2.45) is 11.8 Å². The first-order valence-corrected chi connectivity index (χ1v) is 8.74. The van der Waals surface area contributed by atoms with Gasteiger partial charge in [-0.05, 0) is 59.3 Å². The fourth-order valence-corrected chi connectivity index (χ4v) is 3.83. The van der Waals surface area contributed by atoms with Gasteiger partial charge in [-0.2, -0.15) is 0 Å². The fourth-order valence-electron chi connectivity index (χ4n) is 3.48. The molecule has 1 saturated carbocycles. The number of nitrogens with one attached hydrogen (secondary N) is 1. The van der Waals surface area contributed by atoms with Crippen LogP contribution in [0, 0.1) is 23.5 Å². The van der Waals surface area contributed by atoms with E-state index in [0.29, 0.717) is 16.9 Å². The zero-order valence-electron chi connectivity index (χ0n) is 12.8. The molecule has 0 heterocycles. The molecule has 1 nitrogen and oxygen atoms in total. The molecule has 118 valence electrons. The molecule has 1 unspecified atom stereocenters. The van der Waals surface area contributed by atoms with Crippen LogP contribution in [0.1, 0.15) is 57.6 Å². The van der Waals surface area contributed by atoms with Gasteiger partial charge in [-0.25, -0.2) is 8.78 Å². The van der Waals surface area contributed by atoms with Crippen LogP contribution in [0.4, 0.5) is 8.78 Å². The molecule has 0 aromatic heterocycles. The monoisotopic (exact) mass is 359 g/mol. The van der Waals surface area contributed by atoms with E-state index < -0.39 is 11.6 Å². The van der Waals surface area contributed by atoms with E-state index in [-0.39, 0.29) is 11.6 Å². The third-order valence-corrected chi connectivity index (χ3v) is 5.37. The number of benzene rings is 1. The molecule has 0 spiro atoms. The topological polar surface area (TPSA) is 12.0 Å². The molecule has 1 N–H and O–H groups in total. The third kappa shape index (κ3) is 3.84. The quantitative estimate of drug-likeness (QED) is 0.675. The van der Waals surface area contributed by atoms with E-state index in [9.17, 15) is 8.78 Å². The van der Waals surface area contributed by atoms with E-state index >= 15 is 0 Å². The molecule has 0 saturated heterocycles. The van der Waals surface area contributed by atoms with Crippen LogP contribution in [0.5, 0.6) is 0 Å². The van der Waals surface area contributed by atoms with Crippen molar-refractivity contribution in [3.8, 4) is 0 Å². The molecule has 2 rings (SSSR count). The minimum absolute atomic E-state index is 0.200. The summed E-state index contributed by atoms with van der Waals surface area (Å²) in [5.74, 6) is 0.185. The second kappa shape index (κ2) is 7.68. The Morgan fingerprint density at radius 1 is 1.19 bits per heavy atom. The first kappa shape index (κ1) is 16.9. The van der Waals surface area contributed by atoms with E-state index in [1.807, 2.05) is 6.92 Å². The minimum Gasteiger partial charge on any atom is -0.310 e. The zero-order chi connectivity index (χ0) is 15.4. The summed E-state index contributed by atoms with van der Waals surface area (Å²) < 4.78 is 28.9. The molecule has 1 aliphatic carbocycles. The Morgan fingerprint density at radius 3 is 2.43 bits per heavy atom. The van der Waals surface area contributed by atoms with Crippen LogP contribution in [0.2, 0.25) is 0 Å². The summed E-state index contributed by atoms with van der Waals surface area (Å²) in [7, 11) is 0. The van der Waals surface area contributed by atoms with Crippen molar-refractivity contribution in [2.45, 2.75) is 52.0 Å². The molecule has 1 aromatic rings. The molecular formula is C17H24BrF2N. The van der Waals surface area contributed by atoms with Crippen molar-refractivity contribution in [2.75, 3.05) is 6.54 Å². The lowest BCUT2D eigenvalue weighted by Gasteiger charge is -2.34. The summed E-state index contributed by atoms with van der Waals surface area (Å²) in [5, 5.41) is 3.31. The van der Waals surface area contributed by atoms with Gasteiger partial charge in [0.05, 0.1) is 4.47 Å². The van der Waals surface area contributed by atoms with Crippen molar-refractivity contribution in [1.82, 2.24) is 5.32 Å². The summed E-state index contributed by atoms with van der Waals surface area (Å²) >= 11 is 3.17. The smallest absolute Gasteiger partial charge is 0.145 e. The van der Waals surface area contributed by atoms with Crippen LogP contribution in [-0.4, -0.2) is 6.54 Å². The standard InChI is InChI=1S/C17H24BrF2N/c1-3-11-5-7-12(8-6-11)17(21-4-2)15-14(19)10-9-13(18)16(15)20/h9-12,17,21H,3-8H2,1-2H3. The number of hydrogen-bond acceptors (Lipinski definition) is 1. The van der Waals surface area contributed by atoms with Crippen LogP contribution in [-0.2, 0) is 0 Å². The first-order valence-electron chi connectivity index (χ1n) is 7.95. The highest BCUT2D eigenvalue weighted by Crippen LogP contribution is 2.40. The van der Waals surface area contributed by atoms with Crippen molar-refractivity contribution in [1.29, 1.82) is 0 Å². The van der Waals surface area contributed by atoms with Gasteiger partial charge in [-0.15, -0.1) is 0 Å². The van der Waals surface area contributed by atoms with E-state index in [1.54, 1.807) is 0 Å². The molecule has 1 fully saturated rings. The molecule has 21 heavy (non-hydrogen) atoms. The van der Waals surface area contributed by atoms with Crippen LogP contribution < -0.4 is 5.32 Å². The highest BCUT2D eigenvalue weighted by Gasteiger charge is 2.31. The second-order valence-electron chi connectivity index (χ2n) is 5.98. The molecule has 0 radical (unpaired) electrons. The average molecular weight is 360 g/mol. The van der Waals surface area contributed by atoms with Crippen LogP contribution in [0.15, 0.2) is 16.6 Å². The number of rotatable bonds is 5.